The van der Waals surface area contributed by atoms with Gasteiger partial charge in [0, 0.05) is 23.9 Å². The highest BCUT2D eigenvalue weighted by molar-refractivity contribution is 6.30. The third kappa shape index (κ3) is 7.46. The van der Waals surface area contributed by atoms with Gasteiger partial charge in [-0.25, -0.2) is 4.79 Å². The van der Waals surface area contributed by atoms with Gasteiger partial charge in [0.2, 0.25) is 11.8 Å². The number of aliphatic hydroxyl groups is 1. The number of aliphatic carboxylic acids is 1. The van der Waals surface area contributed by atoms with Gasteiger partial charge in [-0.1, -0.05) is 37.6 Å². The Bertz CT molecular complexity index is 679. The van der Waals surface area contributed by atoms with Crippen LogP contribution in [0.4, 0.5) is 0 Å². The first-order valence-electron chi connectivity index (χ1n) is 9.01. The molecule has 6 N–H and O–H groups in total. The summed E-state index contributed by atoms with van der Waals surface area (Å²) in [6.07, 6.45) is -1.34. The normalized spacial score (nSPS) is 15.4. The Balaban J connectivity index is 2.89. The van der Waals surface area contributed by atoms with Crippen molar-refractivity contribution in [1.29, 1.82) is 0 Å². The van der Waals surface area contributed by atoms with Gasteiger partial charge in [-0.05, 0) is 30.5 Å². The number of benzene rings is 1. The fraction of sp³-hybridized carbons (Fsp3) is 0.526. The highest BCUT2D eigenvalue weighted by atomic mass is 35.5. The first kappa shape index (κ1) is 23.9. The summed E-state index contributed by atoms with van der Waals surface area (Å²) in [5.74, 6) is -2.69. The largest absolute Gasteiger partial charge is 0.480 e. The number of hydrogen-bond donors (Lipinski definition) is 5. The van der Waals surface area contributed by atoms with Gasteiger partial charge < -0.3 is 26.6 Å². The maximum absolute atomic E-state index is 12.4. The second kappa shape index (κ2) is 11.0. The number of aliphatic hydroxyl groups excluding tert-OH is 1. The lowest BCUT2D eigenvalue weighted by atomic mass is 9.94. The van der Waals surface area contributed by atoms with Crippen molar-refractivity contribution in [1.82, 2.24) is 10.6 Å². The molecule has 0 radical (unpaired) electrons. The number of amides is 2. The molecular weight excluding hydrogens is 386 g/mol. The molecule has 0 aliphatic rings. The van der Waals surface area contributed by atoms with E-state index in [1.807, 2.05) is 13.8 Å². The van der Waals surface area contributed by atoms with E-state index in [1.54, 1.807) is 24.3 Å². The summed E-state index contributed by atoms with van der Waals surface area (Å²) in [4.78, 5) is 35.7. The molecule has 0 unspecified atom stereocenters. The molecule has 0 heterocycles. The SMILES string of the molecule is CC(C)[C@H](N)C(=O)NC[C@H](CC(=O)N[C@H](C(=O)O)[C@@H](C)O)c1ccc(Cl)cc1. The summed E-state index contributed by atoms with van der Waals surface area (Å²) in [5.41, 5.74) is 6.59. The van der Waals surface area contributed by atoms with Gasteiger partial charge in [-0.2, -0.15) is 0 Å². The van der Waals surface area contributed by atoms with Crippen LogP contribution < -0.4 is 16.4 Å². The summed E-state index contributed by atoms with van der Waals surface area (Å²) >= 11 is 5.91. The zero-order chi connectivity index (χ0) is 21.4. The molecule has 0 fully saturated rings. The number of rotatable bonds is 10. The topological polar surface area (TPSA) is 142 Å². The molecule has 8 nitrogen and oxygen atoms in total. The van der Waals surface area contributed by atoms with E-state index >= 15 is 0 Å². The van der Waals surface area contributed by atoms with Crippen molar-refractivity contribution in [2.45, 2.75) is 51.3 Å². The Morgan fingerprint density at radius 2 is 1.71 bits per heavy atom. The third-order valence-electron chi connectivity index (χ3n) is 4.38. The summed E-state index contributed by atoms with van der Waals surface area (Å²) in [6.45, 7) is 5.08. The maximum Gasteiger partial charge on any atom is 0.328 e. The van der Waals surface area contributed by atoms with Crippen LogP contribution in [-0.4, -0.2) is 52.7 Å². The molecule has 0 spiro atoms. The van der Waals surface area contributed by atoms with Gasteiger partial charge in [0.05, 0.1) is 12.1 Å². The Morgan fingerprint density at radius 1 is 1.14 bits per heavy atom. The number of carboxylic acids is 1. The lowest BCUT2D eigenvalue weighted by Crippen LogP contribution is -2.48. The lowest BCUT2D eigenvalue weighted by Gasteiger charge is -2.22. The summed E-state index contributed by atoms with van der Waals surface area (Å²) < 4.78 is 0. The first-order chi connectivity index (χ1) is 13.0. The molecule has 0 aliphatic heterocycles. The number of carbonyl (C=O) groups is 3. The van der Waals surface area contributed by atoms with Gasteiger partial charge >= 0.3 is 5.97 Å². The van der Waals surface area contributed by atoms with Crippen LogP contribution in [0.25, 0.3) is 0 Å². The summed E-state index contributed by atoms with van der Waals surface area (Å²) in [6, 6.07) is 4.71. The van der Waals surface area contributed by atoms with E-state index in [0.717, 1.165) is 5.56 Å². The molecule has 2 amide bonds. The molecule has 1 aromatic carbocycles. The number of carbonyl (C=O) groups excluding carboxylic acids is 2. The van der Waals surface area contributed by atoms with Crippen molar-refractivity contribution >= 4 is 29.4 Å². The molecule has 1 rings (SSSR count). The van der Waals surface area contributed by atoms with Gasteiger partial charge in [0.25, 0.3) is 0 Å². The van der Waals surface area contributed by atoms with Crippen LogP contribution in [0, 0.1) is 5.92 Å². The van der Waals surface area contributed by atoms with Crippen molar-refractivity contribution < 1.29 is 24.6 Å². The Labute approximate surface area is 169 Å². The fourth-order valence-electron chi connectivity index (χ4n) is 2.53. The van der Waals surface area contributed by atoms with Crippen molar-refractivity contribution in [3.8, 4) is 0 Å². The van der Waals surface area contributed by atoms with Crippen molar-refractivity contribution in [3.63, 3.8) is 0 Å². The van der Waals surface area contributed by atoms with E-state index in [0.29, 0.717) is 5.02 Å². The van der Waals surface area contributed by atoms with E-state index in [2.05, 4.69) is 10.6 Å². The first-order valence-corrected chi connectivity index (χ1v) is 9.39. The van der Waals surface area contributed by atoms with Crippen molar-refractivity contribution in [2.24, 2.45) is 11.7 Å². The summed E-state index contributed by atoms with van der Waals surface area (Å²) in [7, 11) is 0. The Hall–Kier alpha value is -2.16. The molecular formula is C19H28ClN3O5. The second-order valence-corrected chi connectivity index (χ2v) is 7.53. The molecule has 0 aromatic heterocycles. The number of halogens is 1. The minimum atomic E-state index is -1.41. The van der Waals surface area contributed by atoms with Gasteiger partial charge in [-0.3, -0.25) is 9.59 Å². The minimum Gasteiger partial charge on any atom is -0.480 e. The minimum absolute atomic E-state index is 0.0420. The van der Waals surface area contributed by atoms with Gasteiger partial charge in [-0.15, -0.1) is 0 Å². The van der Waals surface area contributed by atoms with E-state index in [-0.39, 0.29) is 24.8 Å². The van der Waals surface area contributed by atoms with Crippen molar-refractivity contribution in [3.05, 3.63) is 34.9 Å². The molecule has 156 valence electrons. The van der Waals surface area contributed by atoms with Crippen LogP contribution in [0.5, 0.6) is 0 Å². The quantitative estimate of drug-likeness (QED) is 0.385. The zero-order valence-corrected chi connectivity index (χ0v) is 16.9. The summed E-state index contributed by atoms with van der Waals surface area (Å²) in [5, 5.41) is 24.2. The maximum atomic E-state index is 12.4. The molecule has 1 aromatic rings. The van der Waals surface area contributed by atoms with Gasteiger partial charge in [0.1, 0.15) is 0 Å². The second-order valence-electron chi connectivity index (χ2n) is 7.09. The smallest absolute Gasteiger partial charge is 0.328 e. The Morgan fingerprint density at radius 3 is 2.18 bits per heavy atom. The third-order valence-corrected chi connectivity index (χ3v) is 4.63. The van der Waals surface area contributed by atoms with E-state index < -0.39 is 36.0 Å². The van der Waals surface area contributed by atoms with Crippen LogP contribution >= 0.6 is 11.6 Å². The molecule has 0 saturated carbocycles. The van der Waals surface area contributed by atoms with Crippen molar-refractivity contribution in [2.75, 3.05) is 6.54 Å². The fourth-order valence-corrected chi connectivity index (χ4v) is 2.66. The van der Waals surface area contributed by atoms with Crippen LogP contribution in [0.2, 0.25) is 5.02 Å². The molecule has 9 heteroatoms. The van der Waals surface area contributed by atoms with Crippen LogP contribution in [0.15, 0.2) is 24.3 Å². The number of nitrogens with two attached hydrogens (primary N) is 1. The van der Waals surface area contributed by atoms with E-state index in [1.165, 1.54) is 6.92 Å². The Kier molecular flexibility index (Phi) is 9.37. The molecule has 28 heavy (non-hydrogen) atoms. The monoisotopic (exact) mass is 413 g/mol. The lowest BCUT2D eigenvalue weighted by molar-refractivity contribution is -0.144. The number of hydrogen-bond acceptors (Lipinski definition) is 5. The average Bonchev–Trinajstić information content (AvgIpc) is 2.62. The number of nitrogens with one attached hydrogen (secondary N) is 2. The predicted molar refractivity (Wildman–Crippen MR) is 106 cm³/mol. The molecule has 0 aliphatic carbocycles. The standard InChI is InChI=1S/C19H28ClN3O5/c1-10(2)16(21)18(26)22-9-13(12-4-6-14(20)7-5-12)8-15(25)23-17(11(3)24)19(27)28/h4-7,10-11,13,16-17,24H,8-9,21H2,1-3H3,(H,22,26)(H,23,25)(H,27,28)/t11-,13+,16+,17+/m1/s1. The van der Waals surface area contributed by atoms with E-state index in [9.17, 15) is 19.5 Å². The predicted octanol–water partition coefficient (Wildman–Crippen LogP) is 0.863. The van der Waals surface area contributed by atoms with E-state index in [4.69, 9.17) is 22.4 Å². The zero-order valence-electron chi connectivity index (χ0n) is 16.2. The van der Waals surface area contributed by atoms with Crippen LogP contribution in [0.1, 0.15) is 38.7 Å². The highest BCUT2D eigenvalue weighted by Crippen LogP contribution is 2.21. The molecule has 0 saturated heterocycles. The molecule has 4 atom stereocenters. The highest BCUT2D eigenvalue weighted by Gasteiger charge is 2.27. The van der Waals surface area contributed by atoms with Gasteiger partial charge in [0.15, 0.2) is 6.04 Å². The number of carboxylic acid groups (broad SMARTS) is 1. The van der Waals surface area contributed by atoms with Crippen LogP contribution in [0.3, 0.4) is 0 Å². The van der Waals surface area contributed by atoms with Crippen LogP contribution in [-0.2, 0) is 14.4 Å². The molecule has 0 bridgehead atoms. The average molecular weight is 414 g/mol.